The molecule has 8 nitrogen and oxygen atoms in total. The fourth-order valence-corrected chi connectivity index (χ4v) is 3.05. The second-order valence-electron chi connectivity index (χ2n) is 6.08. The van der Waals surface area contributed by atoms with Crippen LogP contribution in [0.3, 0.4) is 0 Å². The molecule has 138 valence electrons. The highest BCUT2D eigenvalue weighted by Crippen LogP contribution is 2.37. The molecule has 1 heterocycles. The first-order valence-corrected chi connectivity index (χ1v) is 8.37. The van der Waals surface area contributed by atoms with Gasteiger partial charge in [0.25, 0.3) is 5.69 Å². The molecule has 2 aromatic carbocycles. The van der Waals surface area contributed by atoms with Crippen LogP contribution in [0, 0.1) is 10.1 Å². The topological polar surface area (TPSA) is 113 Å². The lowest BCUT2D eigenvalue weighted by molar-refractivity contribution is -0.385. The van der Waals surface area contributed by atoms with E-state index in [2.05, 4.69) is 5.10 Å². The number of carboxylic acid groups (broad SMARTS) is 1. The third-order valence-electron chi connectivity index (χ3n) is 4.32. The maximum atomic E-state index is 12.6. The molecule has 8 heteroatoms. The molecule has 0 saturated carbocycles. The Bertz CT molecular complexity index is 911. The summed E-state index contributed by atoms with van der Waals surface area (Å²) < 4.78 is 0. The molecule has 0 fully saturated rings. The van der Waals surface area contributed by atoms with Crippen LogP contribution in [-0.4, -0.2) is 32.6 Å². The number of nitro groups is 1. The first kappa shape index (κ1) is 18.2. The zero-order valence-electron chi connectivity index (χ0n) is 14.3. The Kier molecular flexibility index (Phi) is 5.25. The predicted molar refractivity (Wildman–Crippen MR) is 97.1 cm³/mol. The van der Waals surface area contributed by atoms with Crippen molar-refractivity contribution in [2.75, 3.05) is 0 Å². The van der Waals surface area contributed by atoms with E-state index in [1.165, 1.54) is 11.1 Å². The van der Waals surface area contributed by atoms with Crippen LogP contribution in [0.5, 0.6) is 0 Å². The molecule has 1 unspecified atom stereocenters. The van der Waals surface area contributed by atoms with Crippen LogP contribution in [0.4, 0.5) is 5.69 Å². The Labute approximate surface area is 154 Å². The number of carbonyl (C=O) groups excluding carboxylic acids is 1. The summed E-state index contributed by atoms with van der Waals surface area (Å²) in [6, 6.07) is 14.8. The van der Waals surface area contributed by atoms with Gasteiger partial charge in [0, 0.05) is 18.9 Å². The van der Waals surface area contributed by atoms with Gasteiger partial charge in [-0.3, -0.25) is 19.7 Å². The van der Waals surface area contributed by atoms with E-state index >= 15 is 0 Å². The molecule has 0 aromatic heterocycles. The molecule has 27 heavy (non-hydrogen) atoms. The van der Waals surface area contributed by atoms with Crippen LogP contribution in [-0.2, 0) is 9.59 Å². The van der Waals surface area contributed by atoms with Crippen molar-refractivity contribution in [2.45, 2.75) is 25.3 Å². The average Bonchev–Trinajstić information content (AvgIpc) is 3.12. The number of hydrazone groups is 1. The van der Waals surface area contributed by atoms with Crippen molar-refractivity contribution in [3.05, 3.63) is 75.8 Å². The van der Waals surface area contributed by atoms with Crippen molar-refractivity contribution in [2.24, 2.45) is 5.10 Å². The largest absolute Gasteiger partial charge is 0.481 e. The van der Waals surface area contributed by atoms with Gasteiger partial charge in [0.1, 0.15) is 0 Å². The zero-order chi connectivity index (χ0) is 19.4. The quantitative estimate of drug-likeness (QED) is 0.622. The predicted octanol–water partition coefficient (Wildman–Crippen LogP) is 3.14. The van der Waals surface area contributed by atoms with Gasteiger partial charge >= 0.3 is 5.97 Å². The van der Waals surface area contributed by atoms with Gasteiger partial charge in [0.15, 0.2) is 0 Å². The Morgan fingerprint density at radius 1 is 1.11 bits per heavy atom. The molecule has 1 N–H and O–H groups in total. The molecule has 1 atom stereocenters. The number of amides is 1. The number of benzene rings is 2. The van der Waals surface area contributed by atoms with Crippen molar-refractivity contribution in [3.8, 4) is 0 Å². The number of nitrogens with zero attached hydrogens (tertiary/aromatic N) is 3. The van der Waals surface area contributed by atoms with Crippen molar-refractivity contribution in [1.82, 2.24) is 5.01 Å². The summed E-state index contributed by atoms with van der Waals surface area (Å²) in [5.74, 6) is -1.57. The monoisotopic (exact) mass is 367 g/mol. The lowest BCUT2D eigenvalue weighted by Crippen LogP contribution is -2.27. The average molecular weight is 367 g/mol. The smallest absolute Gasteiger partial charge is 0.303 e. The summed E-state index contributed by atoms with van der Waals surface area (Å²) in [6.45, 7) is 0. The van der Waals surface area contributed by atoms with Crippen LogP contribution >= 0.6 is 0 Å². The number of rotatable bonds is 6. The highest BCUT2D eigenvalue weighted by Gasteiger charge is 2.36. The summed E-state index contributed by atoms with van der Waals surface area (Å²) in [7, 11) is 0. The van der Waals surface area contributed by atoms with E-state index in [-0.39, 0.29) is 18.5 Å². The van der Waals surface area contributed by atoms with Gasteiger partial charge in [-0.2, -0.15) is 5.10 Å². The molecule has 3 rings (SSSR count). The van der Waals surface area contributed by atoms with E-state index in [1.807, 2.05) is 30.3 Å². The molecule has 1 amide bonds. The van der Waals surface area contributed by atoms with Gasteiger partial charge in [-0.15, -0.1) is 0 Å². The first-order chi connectivity index (χ1) is 13.0. The van der Waals surface area contributed by atoms with Crippen LogP contribution in [0.1, 0.15) is 36.4 Å². The van der Waals surface area contributed by atoms with Crippen molar-refractivity contribution in [3.63, 3.8) is 0 Å². The second kappa shape index (κ2) is 7.77. The molecule has 2 aromatic rings. The molecule has 0 bridgehead atoms. The van der Waals surface area contributed by atoms with E-state index in [0.29, 0.717) is 17.7 Å². The maximum Gasteiger partial charge on any atom is 0.303 e. The van der Waals surface area contributed by atoms with E-state index < -0.39 is 22.8 Å². The van der Waals surface area contributed by atoms with Gasteiger partial charge in [-0.1, -0.05) is 42.5 Å². The third kappa shape index (κ3) is 4.00. The standard InChI is InChI=1S/C19H17N3O5/c23-18(10-11-19(24)25)21-17(14-8-4-5-9-16(14)22(26)27)12-15(20-21)13-6-2-1-3-7-13/h1-9,17H,10-12H2,(H,24,25). The third-order valence-corrected chi connectivity index (χ3v) is 4.32. The number of hydrogen-bond donors (Lipinski definition) is 1. The van der Waals surface area contributed by atoms with Gasteiger partial charge in [0.2, 0.25) is 5.91 Å². The lowest BCUT2D eigenvalue weighted by atomic mass is 9.97. The van der Waals surface area contributed by atoms with Crippen molar-refractivity contribution >= 4 is 23.3 Å². The number of aliphatic carboxylic acids is 1. The fourth-order valence-electron chi connectivity index (χ4n) is 3.05. The lowest BCUT2D eigenvalue weighted by Gasteiger charge is -2.21. The van der Waals surface area contributed by atoms with Crippen LogP contribution in [0.25, 0.3) is 0 Å². The number of nitro benzene ring substituents is 1. The van der Waals surface area contributed by atoms with Gasteiger partial charge in [-0.25, -0.2) is 5.01 Å². The number of carboxylic acids is 1. The minimum Gasteiger partial charge on any atom is -0.481 e. The summed E-state index contributed by atoms with van der Waals surface area (Å²) in [5, 5.41) is 25.8. The minimum atomic E-state index is -1.09. The first-order valence-electron chi connectivity index (χ1n) is 8.37. The number of hydrogen-bond acceptors (Lipinski definition) is 5. The Morgan fingerprint density at radius 3 is 2.44 bits per heavy atom. The Morgan fingerprint density at radius 2 is 1.78 bits per heavy atom. The van der Waals surface area contributed by atoms with E-state index in [0.717, 1.165) is 5.56 Å². The molecule has 0 radical (unpaired) electrons. The fraction of sp³-hybridized carbons (Fsp3) is 0.211. The number of carbonyl (C=O) groups is 2. The molecule has 0 spiro atoms. The summed E-state index contributed by atoms with van der Waals surface area (Å²) in [5.41, 5.74) is 1.72. The van der Waals surface area contributed by atoms with Crippen LogP contribution in [0.15, 0.2) is 59.7 Å². The summed E-state index contributed by atoms with van der Waals surface area (Å²) in [4.78, 5) is 34.3. The zero-order valence-corrected chi connectivity index (χ0v) is 14.3. The molecular weight excluding hydrogens is 350 g/mol. The SMILES string of the molecule is O=C(O)CCC(=O)N1N=C(c2ccccc2)CC1c1ccccc1[N+](=O)[O-]. The Balaban J connectivity index is 1.98. The second-order valence-corrected chi connectivity index (χ2v) is 6.08. The highest BCUT2D eigenvalue weighted by molar-refractivity contribution is 6.03. The highest BCUT2D eigenvalue weighted by atomic mass is 16.6. The Hall–Kier alpha value is -3.55. The molecule has 0 aliphatic carbocycles. The molecule has 1 aliphatic heterocycles. The molecule has 0 saturated heterocycles. The summed E-state index contributed by atoms with van der Waals surface area (Å²) in [6.07, 6.45) is -0.235. The minimum absolute atomic E-state index is 0.0944. The molecular formula is C19H17N3O5. The summed E-state index contributed by atoms with van der Waals surface area (Å²) >= 11 is 0. The van der Waals surface area contributed by atoms with E-state index in [1.54, 1.807) is 18.2 Å². The normalized spacial score (nSPS) is 16.1. The van der Waals surface area contributed by atoms with Gasteiger partial charge in [-0.05, 0) is 11.6 Å². The number of para-hydroxylation sites is 1. The maximum absolute atomic E-state index is 12.6. The van der Waals surface area contributed by atoms with Crippen molar-refractivity contribution < 1.29 is 19.6 Å². The van der Waals surface area contributed by atoms with Crippen molar-refractivity contribution in [1.29, 1.82) is 0 Å². The van der Waals surface area contributed by atoms with E-state index in [9.17, 15) is 19.7 Å². The van der Waals surface area contributed by atoms with Gasteiger partial charge < -0.3 is 5.11 Å². The van der Waals surface area contributed by atoms with E-state index in [4.69, 9.17) is 5.11 Å². The molecule has 1 aliphatic rings. The van der Waals surface area contributed by atoms with Crippen LogP contribution < -0.4 is 0 Å². The van der Waals surface area contributed by atoms with Gasteiger partial charge in [0.05, 0.1) is 28.7 Å². The van der Waals surface area contributed by atoms with Crippen LogP contribution in [0.2, 0.25) is 0 Å².